The molecule has 0 radical (unpaired) electrons. The molecule has 0 saturated heterocycles. The van der Waals surface area contributed by atoms with Crippen molar-refractivity contribution in [3.8, 4) is 0 Å². The van der Waals surface area contributed by atoms with Crippen molar-refractivity contribution in [2.45, 2.75) is 44.1 Å². The predicted molar refractivity (Wildman–Crippen MR) is 65.1 cm³/mol. The van der Waals surface area contributed by atoms with Gasteiger partial charge in [-0.1, -0.05) is 0 Å². The van der Waals surface area contributed by atoms with Gasteiger partial charge in [0.05, 0.1) is 6.42 Å². The van der Waals surface area contributed by atoms with Crippen molar-refractivity contribution < 1.29 is 14.7 Å². The number of hydrogen-bond donors (Lipinski definition) is 3. The molecule has 5 nitrogen and oxygen atoms in total. The second-order valence-corrected chi connectivity index (χ2v) is 6.27. The molecule has 4 aliphatic rings. The first-order chi connectivity index (χ1) is 8.56. The minimum Gasteiger partial charge on any atom is -0.481 e. The van der Waals surface area contributed by atoms with Crippen molar-refractivity contribution in [1.29, 1.82) is 0 Å². The minimum absolute atomic E-state index is 0.0177. The van der Waals surface area contributed by atoms with E-state index in [9.17, 15) is 9.59 Å². The van der Waals surface area contributed by atoms with Gasteiger partial charge in [0.25, 0.3) is 0 Å². The van der Waals surface area contributed by atoms with Crippen LogP contribution in [0, 0.1) is 17.8 Å². The van der Waals surface area contributed by atoms with E-state index >= 15 is 0 Å². The molecule has 5 heteroatoms. The van der Waals surface area contributed by atoms with Crippen LogP contribution in [0.1, 0.15) is 38.5 Å². The average molecular weight is 252 g/mol. The van der Waals surface area contributed by atoms with E-state index in [1.807, 2.05) is 0 Å². The second-order valence-electron chi connectivity index (χ2n) is 6.27. The van der Waals surface area contributed by atoms with Crippen molar-refractivity contribution in [2.75, 3.05) is 6.54 Å². The number of carboxylic acids is 1. The maximum atomic E-state index is 11.8. The SMILES string of the molecule is O=C(O)CCNC(=O)NC12CC3CC(C1)C(C3)C2. The third-order valence-electron chi connectivity index (χ3n) is 4.93. The summed E-state index contributed by atoms with van der Waals surface area (Å²) in [4.78, 5) is 22.2. The smallest absolute Gasteiger partial charge is 0.315 e. The zero-order valence-corrected chi connectivity index (χ0v) is 10.4. The van der Waals surface area contributed by atoms with E-state index in [1.165, 1.54) is 12.8 Å². The summed E-state index contributed by atoms with van der Waals surface area (Å²) in [5.74, 6) is 1.57. The zero-order chi connectivity index (χ0) is 12.8. The first-order valence-corrected chi connectivity index (χ1v) is 6.84. The van der Waals surface area contributed by atoms with Gasteiger partial charge in [-0.15, -0.1) is 0 Å². The molecule has 0 spiro atoms. The molecule has 3 N–H and O–H groups in total. The third kappa shape index (κ3) is 2.06. The number of carbonyl (C=O) groups is 2. The molecule has 0 aliphatic heterocycles. The van der Waals surface area contributed by atoms with Gasteiger partial charge in [-0.25, -0.2) is 4.79 Å². The number of hydrogen-bond acceptors (Lipinski definition) is 2. The Morgan fingerprint density at radius 3 is 2.39 bits per heavy atom. The summed E-state index contributed by atoms with van der Waals surface area (Å²) in [6, 6.07) is -0.196. The lowest BCUT2D eigenvalue weighted by atomic mass is 9.76. The molecule has 4 fully saturated rings. The highest BCUT2D eigenvalue weighted by atomic mass is 16.4. The molecule has 0 aromatic carbocycles. The molecule has 0 heterocycles. The average Bonchev–Trinajstić information content (AvgIpc) is 2.64. The molecular formula is C13H20N2O3. The summed E-state index contributed by atoms with van der Waals surface area (Å²) in [5, 5.41) is 14.3. The normalized spacial score (nSPS) is 39.9. The highest BCUT2D eigenvalue weighted by Crippen LogP contribution is 2.59. The fourth-order valence-corrected chi connectivity index (χ4v) is 4.53. The summed E-state index contributed by atoms with van der Waals surface area (Å²) < 4.78 is 0. The minimum atomic E-state index is -0.881. The molecule has 100 valence electrons. The lowest BCUT2D eigenvalue weighted by Gasteiger charge is -2.39. The van der Waals surface area contributed by atoms with Gasteiger partial charge in [-0.2, -0.15) is 0 Å². The van der Waals surface area contributed by atoms with Crippen LogP contribution in [0.15, 0.2) is 0 Å². The monoisotopic (exact) mass is 252 g/mol. The Labute approximate surface area is 106 Å². The van der Waals surface area contributed by atoms with Crippen molar-refractivity contribution >= 4 is 12.0 Å². The van der Waals surface area contributed by atoms with E-state index in [4.69, 9.17) is 5.11 Å². The number of amides is 2. The summed E-state index contributed by atoms with van der Waals surface area (Å²) in [7, 11) is 0. The fraction of sp³-hybridized carbons (Fsp3) is 0.846. The quantitative estimate of drug-likeness (QED) is 0.706. The number of carboxylic acid groups (broad SMARTS) is 1. The largest absolute Gasteiger partial charge is 0.481 e. The van der Waals surface area contributed by atoms with Crippen molar-refractivity contribution in [1.82, 2.24) is 10.6 Å². The molecule has 2 unspecified atom stereocenters. The molecule has 2 amide bonds. The Bertz CT molecular complexity index is 363. The van der Waals surface area contributed by atoms with E-state index in [0.717, 1.165) is 37.0 Å². The van der Waals surface area contributed by atoms with E-state index in [2.05, 4.69) is 10.6 Å². The van der Waals surface area contributed by atoms with Crippen LogP contribution in [0.3, 0.4) is 0 Å². The fourth-order valence-electron chi connectivity index (χ4n) is 4.53. The standard InChI is InChI=1S/C13H20N2O3/c16-11(17)1-2-14-12(18)15-13-5-8-3-9(6-13)10(4-8)7-13/h8-10H,1-7H2,(H,16,17)(H2,14,15,18). The summed E-state index contributed by atoms with van der Waals surface area (Å²) in [6.45, 7) is 0.202. The van der Waals surface area contributed by atoms with Gasteiger partial charge in [0, 0.05) is 12.1 Å². The van der Waals surface area contributed by atoms with E-state index in [1.54, 1.807) is 0 Å². The van der Waals surface area contributed by atoms with Gasteiger partial charge in [0.1, 0.15) is 0 Å². The molecule has 4 saturated carbocycles. The highest BCUT2D eigenvalue weighted by molar-refractivity contribution is 5.76. The van der Waals surface area contributed by atoms with Gasteiger partial charge in [-0.3, -0.25) is 4.79 Å². The maximum Gasteiger partial charge on any atom is 0.315 e. The Balaban J connectivity index is 1.51. The molecule has 0 aromatic rings. The molecule has 4 bridgehead atoms. The molecule has 18 heavy (non-hydrogen) atoms. The van der Waals surface area contributed by atoms with Gasteiger partial charge < -0.3 is 15.7 Å². The zero-order valence-electron chi connectivity index (χ0n) is 10.4. The summed E-state index contributed by atoms with van der Waals surface area (Å²) >= 11 is 0. The van der Waals surface area contributed by atoms with Crippen LogP contribution in [0.4, 0.5) is 4.79 Å². The van der Waals surface area contributed by atoms with Gasteiger partial charge >= 0.3 is 12.0 Å². The van der Waals surface area contributed by atoms with E-state index in [0.29, 0.717) is 0 Å². The Hall–Kier alpha value is -1.26. The van der Waals surface area contributed by atoms with Gasteiger partial charge in [0.2, 0.25) is 0 Å². The number of carbonyl (C=O) groups excluding carboxylic acids is 1. The number of rotatable bonds is 4. The Kier molecular flexibility index (Phi) is 2.72. The molecular weight excluding hydrogens is 232 g/mol. The van der Waals surface area contributed by atoms with Crippen molar-refractivity contribution in [3.05, 3.63) is 0 Å². The van der Waals surface area contributed by atoms with Crippen LogP contribution in [-0.4, -0.2) is 29.2 Å². The maximum absolute atomic E-state index is 11.8. The highest BCUT2D eigenvalue weighted by Gasteiger charge is 2.56. The number of nitrogens with one attached hydrogen (secondary N) is 2. The molecule has 2 atom stereocenters. The van der Waals surface area contributed by atoms with E-state index in [-0.39, 0.29) is 24.5 Å². The lowest BCUT2D eigenvalue weighted by Crippen LogP contribution is -2.53. The lowest BCUT2D eigenvalue weighted by molar-refractivity contribution is -0.136. The number of aliphatic carboxylic acids is 1. The van der Waals surface area contributed by atoms with Crippen molar-refractivity contribution in [2.24, 2.45) is 17.8 Å². The molecule has 4 aliphatic carbocycles. The van der Waals surface area contributed by atoms with Crippen LogP contribution in [-0.2, 0) is 4.79 Å². The van der Waals surface area contributed by atoms with Crippen LogP contribution < -0.4 is 10.6 Å². The van der Waals surface area contributed by atoms with Crippen molar-refractivity contribution in [3.63, 3.8) is 0 Å². The van der Waals surface area contributed by atoms with Crippen LogP contribution in [0.25, 0.3) is 0 Å². The Morgan fingerprint density at radius 1 is 1.17 bits per heavy atom. The van der Waals surface area contributed by atoms with E-state index < -0.39 is 5.97 Å². The Morgan fingerprint density at radius 2 is 1.83 bits per heavy atom. The van der Waals surface area contributed by atoms with Crippen LogP contribution in [0.5, 0.6) is 0 Å². The predicted octanol–water partition coefficient (Wildman–Crippen LogP) is 1.34. The van der Waals surface area contributed by atoms with Crippen LogP contribution >= 0.6 is 0 Å². The summed E-state index contributed by atoms with van der Waals surface area (Å²) in [5.41, 5.74) is 0.0177. The summed E-state index contributed by atoms with van der Waals surface area (Å²) in [6.07, 6.45) is 6.06. The topological polar surface area (TPSA) is 78.4 Å². The molecule has 0 aromatic heterocycles. The molecule has 4 rings (SSSR count). The number of urea groups is 1. The van der Waals surface area contributed by atoms with Gasteiger partial charge in [0.15, 0.2) is 0 Å². The first-order valence-electron chi connectivity index (χ1n) is 6.84. The second kappa shape index (κ2) is 4.14. The first kappa shape index (κ1) is 11.8. The van der Waals surface area contributed by atoms with Crippen LogP contribution in [0.2, 0.25) is 0 Å². The third-order valence-corrected chi connectivity index (χ3v) is 4.93. The van der Waals surface area contributed by atoms with Gasteiger partial charge in [-0.05, 0) is 49.9 Å².